The molecule has 0 spiro atoms. The van der Waals surface area contributed by atoms with Crippen LogP contribution in [0.1, 0.15) is 15.6 Å². The number of aromatic nitrogens is 2. The van der Waals surface area contributed by atoms with E-state index >= 15 is 0 Å². The molecule has 17 heavy (non-hydrogen) atoms. The van der Waals surface area contributed by atoms with Crippen molar-refractivity contribution in [3.63, 3.8) is 0 Å². The van der Waals surface area contributed by atoms with Crippen LogP contribution in [0.3, 0.4) is 0 Å². The summed E-state index contributed by atoms with van der Waals surface area (Å²) in [6.45, 7) is 3.15. The van der Waals surface area contributed by atoms with Crippen molar-refractivity contribution in [2.75, 3.05) is 6.54 Å². The summed E-state index contributed by atoms with van der Waals surface area (Å²) in [7, 11) is 0. The summed E-state index contributed by atoms with van der Waals surface area (Å²) in [5, 5.41) is 1.06. The second-order valence-corrected chi connectivity index (χ2v) is 4.98. The zero-order chi connectivity index (χ0) is 12.1. The molecule has 0 aliphatic heterocycles. The lowest BCUT2D eigenvalue weighted by molar-refractivity contribution is 0.308. The van der Waals surface area contributed by atoms with E-state index in [0.717, 1.165) is 27.7 Å². The summed E-state index contributed by atoms with van der Waals surface area (Å²) in [6.07, 6.45) is 4.38. The molecule has 0 bridgehead atoms. The summed E-state index contributed by atoms with van der Waals surface area (Å²) in [6, 6.07) is 3.87. The molecule has 0 saturated heterocycles. The Hall–Kier alpha value is -1.46. The molecule has 2 rings (SSSR count). The fourth-order valence-electron chi connectivity index (χ4n) is 1.42. The van der Waals surface area contributed by atoms with Crippen LogP contribution in [-0.4, -0.2) is 16.5 Å². The maximum absolute atomic E-state index is 5.62. The number of thiazole rings is 1. The number of hydrogen-bond donors (Lipinski definition) is 1. The number of hydrogen-bond acceptors (Lipinski definition) is 5. The zero-order valence-corrected chi connectivity index (χ0v) is 10.5. The zero-order valence-electron chi connectivity index (χ0n) is 9.72. The molecular weight excluding hydrogens is 234 g/mol. The molecule has 0 amide bonds. The van der Waals surface area contributed by atoms with Gasteiger partial charge in [-0.15, -0.1) is 11.3 Å². The third-order valence-corrected chi connectivity index (χ3v) is 3.13. The molecule has 0 radical (unpaired) electrons. The van der Waals surface area contributed by atoms with Crippen molar-refractivity contribution in [3.05, 3.63) is 40.1 Å². The Morgan fingerprint density at radius 3 is 2.76 bits per heavy atom. The lowest BCUT2D eigenvalue weighted by atomic mass is 10.3. The summed E-state index contributed by atoms with van der Waals surface area (Å²) in [4.78, 5) is 9.56. The minimum atomic E-state index is 0.545. The van der Waals surface area contributed by atoms with Gasteiger partial charge < -0.3 is 10.5 Å². The summed E-state index contributed by atoms with van der Waals surface area (Å²) in [5.74, 6) is 0.775. The van der Waals surface area contributed by atoms with Crippen LogP contribution in [0.4, 0.5) is 0 Å². The van der Waals surface area contributed by atoms with Gasteiger partial charge in [0.1, 0.15) is 12.4 Å². The first kappa shape index (κ1) is 12.0. The summed E-state index contributed by atoms with van der Waals surface area (Å²) in [5.41, 5.74) is 6.45. The Morgan fingerprint density at radius 2 is 2.18 bits per heavy atom. The average molecular weight is 249 g/mol. The first-order chi connectivity index (χ1) is 8.28. The molecule has 2 aromatic rings. The van der Waals surface area contributed by atoms with Crippen LogP contribution < -0.4 is 10.5 Å². The van der Waals surface area contributed by atoms with Crippen LogP contribution in [0.2, 0.25) is 0 Å². The first-order valence-electron chi connectivity index (χ1n) is 5.47. The van der Waals surface area contributed by atoms with E-state index in [1.165, 1.54) is 0 Å². The number of pyridine rings is 1. The van der Waals surface area contributed by atoms with Gasteiger partial charge in [-0.1, -0.05) is 0 Å². The lowest BCUT2D eigenvalue weighted by Crippen LogP contribution is -2.04. The van der Waals surface area contributed by atoms with Crippen molar-refractivity contribution in [3.8, 4) is 5.75 Å². The fourth-order valence-corrected chi connectivity index (χ4v) is 2.13. The number of nitrogens with two attached hydrogens (primary N) is 1. The van der Waals surface area contributed by atoms with E-state index in [1.807, 2.05) is 25.3 Å². The van der Waals surface area contributed by atoms with Gasteiger partial charge in [0.05, 0.1) is 16.1 Å². The third kappa shape index (κ3) is 3.51. The minimum absolute atomic E-state index is 0.545. The van der Waals surface area contributed by atoms with Crippen molar-refractivity contribution in [2.45, 2.75) is 20.0 Å². The fraction of sp³-hybridized carbons (Fsp3) is 0.333. The summed E-state index contributed by atoms with van der Waals surface area (Å²) >= 11 is 1.65. The molecule has 2 N–H and O–H groups in total. The maximum atomic E-state index is 5.62. The van der Waals surface area contributed by atoms with Crippen molar-refractivity contribution in [2.24, 2.45) is 5.73 Å². The highest BCUT2D eigenvalue weighted by atomic mass is 32.1. The molecule has 0 saturated carbocycles. The van der Waals surface area contributed by atoms with Crippen molar-refractivity contribution in [1.29, 1.82) is 0 Å². The van der Waals surface area contributed by atoms with E-state index in [-0.39, 0.29) is 0 Å². The molecule has 0 aliphatic rings. The second kappa shape index (κ2) is 5.75. The highest BCUT2D eigenvalue weighted by Gasteiger charge is 2.00. The van der Waals surface area contributed by atoms with Gasteiger partial charge in [0.2, 0.25) is 0 Å². The predicted molar refractivity (Wildman–Crippen MR) is 68.2 cm³/mol. The van der Waals surface area contributed by atoms with Gasteiger partial charge in [-0.25, -0.2) is 4.98 Å². The first-order valence-corrected chi connectivity index (χ1v) is 6.28. The highest BCUT2D eigenvalue weighted by molar-refractivity contribution is 7.11. The van der Waals surface area contributed by atoms with Crippen LogP contribution in [0, 0.1) is 6.92 Å². The minimum Gasteiger partial charge on any atom is -0.486 e. The molecular formula is C12H15N3OS. The number of ether oxygens (including phenoxy) is 1. The van der Waals surface area contributed by atoms with E-state index in [1.54, 1.807) is 17.5 Å². The van der Waals surface area contributed by atoms with Crippen LogP contribution in [0.25, 0.3) is 0 Å². The van der Waals surface area contributed by atoms with E-state index < -0.39 is 0 Å². The molecule has 2 heterocycles. The Balaban J connectivity index is 1.90. The Bertz CT molecular complexity index is 467. The second-order valence-electron chi connectivity index (χ2n) is 3.66. The van der Waals surface area contributed by atoms with Gasteiger partial charge in [0.25, 0.3) is 0 Å². The lowest BCUT2D eigenvalue weighted by Gasteiger charge is -2.04. The van der Waals surface area contributed by atoms with Gasteiger partial charge in [0.15, 0.2) is 0 Å². The SMILES string of the molecule is Cc1ncc(COc2ccc(CCN)nc2)s1. The monoisotopic (exact) mass is 249 g/mol. The molecule has 0 atom stereocenters. The van der Waals surface area contributed by atoms with Crippen LogP contribution in [-0.2, 0) is 13.0 Å². The van der Waals surface area contributed by atoms with Crippen molar-refractivity contribution < 1.29 is 4.74 Å². The summed E-state index contributed by atoms with van der Waals surface area (Å²) < 4.78 is 5.62. The number of nitrogens with zero attached hydrogens (tertiary/aromatic N) is 2. The predicted octanol–water partition coefficient (Wildman–Crippen LogP) is 1.93. The Kier molecular flexibility index (Phi) is 4.06. The Morgan fingerprint density at radius 1 is 1.29 bits per heavy atom. The van der Waals surface area contributed by atoms with E-state index in [4.69, 9.17) is 10.5 Å². The van der Waals surface area contributed by atoms with E-state index in [0.29, 0.717) is 13.2 Å². The quantitative estimate of drug-likeness (QED) is 0.879. The van der Waals surface area contributed by atoms with Gasteiger partial charge in [-0.2, -0.15) is 0 Å². The standard InChI is InChI=1S/C12H15N3OS/c1-9-14-7-12(17-9)8-16-11-3-2-10(4-5-13)15-6-11/h2-3,6-7H,4-5,8,13H2,1H3. The number of aryl methyl sites for hydroxylation is 1. The van der Waals surface area contributed by atoms with Crippen molar-refractivity contribution in [1.82, 2.24) is 9.97 Å². The van der Waals surface area contributed by atoms with Crippen LogP contribution in [0.15, 0.2) is 24.5 Å². The molecule has 90 valence electrons. The third-order valence-electron chi connectivity index (χ3n) is 2.25. The smallest absolute Gasteiger partial charge is 0.138 e. The van der Waals surface area contributed by atoms with E-state index in [2.05, 4.69) is 9.97 Å². The topological polar surface area (TPSA) is 61.0 Å². The molecule has 0 aromatic carbocycles. The molecule has 4 nitrogen and oxygen atoms in total. The van der Waals surface area contributed by atoms with Crippen LogP contribution >= 0.6 is 11.3 Å². The van der Waals surface area contributed by atoms with Gasteiger partial charge >= 0.3 is 0 Å². The van der Waals surface area contributed by atoms with Gasteiger partial charge in [-0.3, -0.25) is 4.98 Å². The molecule has 5 heteroatoms. The Labute approximate surface area is 104 Å². The molecule has 2 aromatic heterocycles. The van der Waals surface area contributed by atoms with Gasteiger partial charge in [0, 0.05) is 18.3 Å². The van der Waals surface area contributed by atoms with E-state index in [9.17, 15) is 0 Å². The van der Waals surface area contributed by atoms with Crippen molar-refractivity contribution >= 4 is 11.3 Å². The molecule has 0 fully saturated rings. The largest absolute Gasteiger partial charge is 0.486 e. The van der Waals surface area contributed by atoms with Crippen LogP contribution in [0.5, 0.6) is 5.75 Å². The molecule has 0 aliphatic carbocycles. The average Bonchev–Trinajstić information content (AvgIpc) is 2.75. The highest BCUT2D eigenvalue weighted by Crippen LogP contribution is 2.16. The number of rotatable bonds is 5. The maximum Gasteiger partial charge on any atom is 0.138 e. The normalized spacial score (nSPS) is 10.5. The van der Waals surface area contributed by atoms with Gasteiger partial charge in [-0.05, 0) is 25.6 Å². The molecule has 0 unspecified atom stereocenters.